The van der Waals surface area contributed by atoms with Crippen molar-refractivity contribution in [3.63, 3.8) is 0 Å². The average molecular weight is 134 g/mol. The van der Waals surface area contributed by atoms with Gasteiger partial charge in [-0.1, -0.05) is 0 Å². The molecule has 0 amide bonds. The minimum absolute atomic E-state index is 0.225. The van der Waals surface area contributed by atoms with Gasteiger partial charge in [0.2, 0.25) is 0 Å². The van der Waals surface area contributed by atoms with Crippen LogP contribution in [-0.4, -0.2) is 6.61 Å². The van der Waals surface area contributed by atoms with E-state index >= 15 is 0 Å². The van der Waals surface area contributed by atoms with Crippen LogP contribution in [0.1, 0.15) is 12.8 Å². The molecule has 10 heavy (non-hydrogen) atoms. The van der Waals surface area contributed by atoms with E-state index in [1.54, 1.807) is 0 Å². The monoisotopic (exact) mass is 134 g/mol. The maximum absolute atomic E-state index is 8.47. The summed E-state index contributed by atoms with van der Waals surface area (Å²) in [5, 5.41) is 16.7. The summed E-state index contributed by atoms with van der Waals surface area (Å²) in [4.78, 5) is 0. The van der Waals surface area contributed by atoms with Gasteiger partial charge in [0.1, 0.15) is 5.76 Å². The number of hydrogen-bond donors (Lipinski definition) is 0. The maximum atomic E-state index is 8.47. The summed E-state index contributed by atoms with van der Waals surface area (Å²) in [5.74, 6) is 0.560. The summed E-state index contributed by atoms with van der Waals surface area (Å²) < 4.78 is 5.03. The SMILES string of the molecule is N#CCC1=C(C#N)CCO1. The van der Waals surface area contributed by atoms with E-state index < -0.39 is 0 Å². The molecule has 0 aromatic carbocycles. The lowest BCUT2D eigenvalue weighted by molar-refractivity contribution is 0.240. The van der Waals surface area contributed by atoms with Crippen molar-refractivity contribution in [2.45, 2.75) is 12.8 Å². The maximum Gasteiger partial charge on any atom is 0.124 e. The molecule has 0 spiro atoms. The molecule has 0 aliphatic carbocycles. The summed E-state index contributed by atoms with van der Waals surface area (Å²) in [6.45, 7) is 0.555. The largest absolute Gasteiger partial charge is 0.495 e. The Hall–Kier alpha value is -1.48. The number of nitrogens with zero attached hydrogens (tertiary/aromatic N) is 2. The molecule has 0 saturated carbocycles. The van der Waals surface area contributed by atoms with Crippen molar-refractivity contribution in [3.05, 3.63) is 11.3 Å². The molecular weight excluding hydrogens is 128 g/mol. The quantitative estimate of drug-likeness (QED) is 0.539. The van der Waals surface area contributed by atoms with Gasteiger partial charge in [-0.3, -0.25) is 0 Å². The van der Waals surface area contributed by atoms with Crippen LogP contribution in [0.4, 0.5) is 0 Å². The van der Waals surface area contributed by atoms with Crippen molar-refractivity contribution in [1.29, 1.82) is 10.5 Å². The van der Waals surface area contributed by atoms with E-state index in [1.165, 1.54) is 0 Å². The predicted molar refractivity (Wildman–Crippen MR) is 33.4 cm³/mol. The lowest BCUT2D eigenvalue weighted by Gasteiger charge is -1.94. The highest BCUT2D eigenvalue weighted by molar-refractivity contribution is 5.28. The van der Waals surface area contributed by atoms with E-state index in [4.69, 9.17) is 15.3 Å². The van der Waals surface area contributed by atoms with E-state index in [2.05, 4.69) is 0 Å². The molecule has 0 bridgehead atoms. The van der Waals surface area contributed by atoms with Crippen molar-refractivity contribution in [2.24, 2.45) is 0 Å². The highest BCUT2D eigenvalue weighted by Crippen LogP contribution is 2.20. The van der Waals surface area contributed by atoms with Crippen molar-refractivity contribution < 1.29 is 4.74 Å². The van der Waals surface area contributed by atoms with Crippen LogP contribution in [0.25, 0.3) is 0 Å². The molecule has 1 aliphatic rings. The lowest BCUT2D eigenvalue weighted by Crippen LogP contribution is -1.82. The van der Waals surface area contributed by atoms with Crippen LogP contribution in [0.5, 0.6) is 0 Å². The lowest BCUT2D eigenvalue weighted by atomic mass is 10.2. The molecule has 1 rings (SSSR count). The van der Waals surface area contributed by atoms with Gasteiger partial charge in [-0.25, -0.2) is 0 Å². The van der Waals surface area contributed by atoms with Gasteiger partial charge in [0.05, 0.1) is 30.7 Å². The van der Waals surface area contributed by atoms with Crippen LogP contribution in [0, 0.1) is 22.7 Å². The van der Waals surface area contributed by atoms with Gasteiger partial charge in [0, 0.05) is 6.42 Å². The zero-order valence-electron chi connectivity index (χ0n) is 5.42. The van der Waals surface area contributed by atoms with Crippen LogP contribution < -0.4 is 0 Å². The first kappa shape index (κ1) is 6.64. The Labute approximate surface area is 59.1 Å². The van der Waals surface area contributed by atoms with Crippen molar-refractivity contribution in [3.8, 4) is 12.1 Å². The number of rotatable bonds is 1. The van der Waals surface area contributed by atoms with Gasteiger partial charge in [-0.2, -0.15) is 10.5 Å². The Morgan fingerprint density at radius 1 is 1.50 bits per heavy atom. The molecule has 0 radical (unpaired) electrons. The molecule has 0 unspecified atom stereocenters. The molecule has 3 heteroatoms. The molecule has 0 atom stereocenters. The van der Waals surface area contributed by atoms with Gasteiger partial charge >= 0.3 is 0 Å². The molecule has 0 aromatic rings. The van der Waals surface area contributed by atoms with E-state index in [0.29, 0.717) is 24.4 Å². The molecule has 1 heterocycles. The second kappa shape index (κ2) is 2.89. The fourth-order valence-corrected chi connectivity index (χ4v) is 0.851. The van der Waals surface area contributed by atoms with Crippen LogP contribution in [0.2, 0.25) is 0 Å². The second-order valence-electron chi connectivity index (χ2n) is 1.95. The minimum atomic E-state index is 0.225. The smallest absolute Gasteiger partial charge is 0.124 e. The highest BCUT2D eigenvalue weighted by atomic mass is 16.5. The summed E-state index contributed by atoms with van der Waals surface area (Å²) in [6.07, 6.45) is 0.885. The first-order valence-electron chi connectivity index (χ1n) is 3.00. The van der Waals surface area contributed by atoms with Crippen molar-refractivity contribution in [2.75, 3.05) is 6.61 Å². The van der Waals surface area contributed by atoms with Crippen LogP contribution in [0.15, 0.2) is 11.3 Å². The fourth-order valence-electron chi connectivity index (χ4n) is 0.851. The van der Waals surface area contributed by atoms with E-state index in [-0.39, 0.29) is 6.42 Å². The van der Waals surface area contributed by atoms with Crippen molar-refractivity contribution >= 4 is 0 Å². The summed E-state index contributed by atoms with van der Waals surface area (Å²) in [7, 11) is 0. The fraction of sp³-hybridized carbons (Fsp3) is 0.429. The predicted octanol–water partition coefficient (Wildman–Crippen LogP) is 1.10. The van der Waals surface area contributed by atoms with Crippen LogP contribution in [-0.2, 0) is 4.74 Å². The van der Waals surface area contributed by atoms with Gasteiger partial charge in [-0.05, 0) is 0 Å². The molecule has 50 valence electrons. The van der Waals surface area contributed by atoms with Crippen molar-refractivity contribution in [1.82, 2.24) is 0 Å². The molecule has 3 nitrogen and oxygen atoms in total. The first-order chi connectivity index (χ1) is 4.88. The van der Waals surface area contributed by atoms with E-state index in [1.807, 2.05) is 12.1 Å². The number of nitriles is 2. The average Bonchev–Trinajstić information content (AvgIpc) is 2.36. The highest BCUT2D eigenvalue weighted by Gasteiger charge is 2.14. The minimum Gasteiger partial charge on any atom is -0.495 e. The molecular formula is C7H6N2O. The van der Waals surface area contributed by atoms with Crippen LogP contribution in [0.3, 0.4) is 0 Å². The summed E-state index contributed by atoms with van der Waals surface area (Å²) >= 11 is 0. The molecule has 0 N–H and O–H groups in total. The Balaban J connectivity index is 2.73. The number of hydrogen-bond acceptors (Lipinski definition) is 3. The number of ether oxygens (including phenoxy) is 1. The van der Waals surface area contributed by atoms with Gasteiger partial charge in [-0.15, -0.1) is 0 Å². The Kier molecular flexibility index (Phi) is 1.92. The Morgan fingerprint density at radius 2 is 2.30 bits per heavy atom. The second-order valence-corrected chi connectivity index (χ2v) is 1.95. The van der Waals surface area contributed by atoms with Gasteiger partial charge < -0.3 is 4.74 Å². The molecule has 1 aliphatic heterocycles. The first-order valence-corrected chi connectivity index (χ1v) is 3.00. The molecule has 0 fully saturated rings. The van der Waals surface area contributed by atoms with E-state index in [0.717, 1.165) is 0 Å². The Morgan fingerprint density at radius 3 is 2.90 bits per heavy atom. The zero-order valence-corrected chi connectivity index (χ0v) is 5.42. The van der Waals surface area contributed by atoms with E-state index in [9.17, 15) is 0 Å². The standard InChI is InChI=1S/C7H6N2O/c8-3-1-7-6(5-9)2-4-10-7/h1-2,4H2. The Bertz CT molecular complexity index is 241. The topological polar surface area (TPSA) is 56.8 Å². The number of allylic oxidation sites excluding steroid dienone is 1. The summed E-state index contributed by atoms with van der Waals surface area (Å²) in [5.41, 5.74) is 0.626. The normalized spacial score (nSPS) is 15.8. The van der Waals surface area contributed by atoms with Crippen LogP contribution >= 0.6 is 0 Å². The third kappa shape index (κ3) is 1.09. The molecule has 0 aromatic heterocycles. The zero-order chi connectivity index (χ0) is 7.40. The third-order valence-electron chi connectivity index (χ3n) is 1.34. The third-order valence-corrected chi connectivity index (χ3v) is 1.34. The van der Waals surface area contributed by atoms with Gasteiger partial charge in [0.25, 0.3) is 0 Å². The molecule has 0 saturated heterocycles. The summed E-state index contributed by atoms with van der Waals surface area (Å²) in [6, 6.07) is 3.94. The van der Waals surface area contributed by atoms with Gasteiger partial charge in [0.15, 0.2) is 0 Å².